The summed E-state index contributed by atoms with van der Waals surface area (Å²) in [5.74, 6) is 0.647. The molecular weight excluding hydrogens is 502 g/mol. The van der Waals surface area contributed by atoms with Crippen LogP contribution in [0.5, 0.6) is 0 Å². The molecule has 2 aliphatic heterocycles. The Morgan fingerprint density at radius 3 is 2.46 bits per heavy atom. The first-order valence-corrected chi connectivity index (χ1v) is 14.0. The molecular formula is C28H33N5O2S2. The lowest BCUT2D eigenvalue weighted by Crippen LogP contribution is -2.48. The number of pyridine rings is 1. The number of nitriles is 1. The average Bonchev–Trinajstić information content (AvgIpc) is 3.16. The number of thioether (sulfide) groups is 1. The van der Waals surface area contributed by atoms with E-state index in [-0.39, 0.29) is 17.0 Å². The molecule has 1 aromatic heterocycles. The van der Waals surface area contributed by atoms with Crippen LogP contribution in [0.3, 0.4) is 0 Å². The Kier molecular flexibility index (Phi) is 8.85. The van der Waals surface area contributed by atoms with E-state index < -0.39 is 0 Å². The van der Waals surface area contributed by atoms with Crippen molar-refractivity contribution in [3.8, 4) is 6.07 Å². The van der Waals surface area contributed by atoms with Crippen molar-refractivity contribution < 1.29 is 4.79 Å². The van der Waals surface area contributed by atoms with Gasteiger partial charge >= 0.3 is 0 Å². The van der Waals surface area contributed by atoms with Gasteiger partial charge in [-0.25, -0.2) is 0 Å². The highest BCUT2D eigenvalue weighted by atomic mass is 32.2. The number of thiocarbonyl (C=S) groups is 1. The Morgan fingerprint density at radius 2 is 1.81 bits per heavy atom. The molecule has 2 aromatic rings. The third kappa shape index (κ3) is 5.82. The minimum absolute atomic E-state index is 0.100. The first-order valence-electron chi connectivity index (χ1n) is 12.8. The number of hydrogen-bond donors (Lipinski definition) is 0. The van der Waals surface area contributed by atoms with Crippen molar-refractivity contribution in [3.05, 3.63) is 67.8 Å². The van der Waals surface area contributed by atoms with Gasteiger partial charge in [-0.15, -0.1) is 0 Å². The summed E-state index contributed by atoms with van der Waals surface area (Å²) in [7, 11) is 1.71. The maximum atomic E-state index is 13.2. The lowest BCUT2D eigenvalue weighted by Gasteiger charge is -2.37. The summed E-state index contributed by atoms with van der Waals surface area (Å²) in [6.45, 7) is 8.59. The van der Waals surface area contributed by atoms with Gasteiger partial charge in [0, 0.05) is 51.9 Å². The highest BCUT2D eigenvalue weighted by Crippen LogP contribution is 2.36. The molecule has 0 atom stereocenters. The molecule has 1 aromatic carbocycles. The first kappa shape index (κ1) is 27.1. The number of nitrogens with zero attached hydrogens (tertiary/aromatic N) is 5. The quantitative estimate of drug-likeness (QED) is 0.284. The molecule has 3 heterocycles. The summed E-state index contributed by atoms with van der Waals surface area (Å²) in [4.78, 5) is 33.1. The van der Waals surface area contributed by atoms with Crippen molar-refractivity contribution in [1.82, 2.24) is 14.4 Å². The van der Waals surface area contributed by atoms with Gasteiger partial charge in [-0.2, -0.15) is 5.26 Å². The minimum atomic E-state index is -0.314. The number of carbonyl (C=O) groups is 1. The molecule has 2 aliphatic rings. The highest BCUT2D eigenvalue weighted by molar-refractivity contribution is 8.26. The summed E-state index contributed by atoms with van der Waals surface area (Å²) in [5, 5.41) is 9.74. The number of aromatic nitrogens is 1. The largest absolute Gasteiger partial charge is 0.355 e. The first-order chi connectivity index (χ1) is 17.8. The summed E-state index contributed by atoms with van der Waals surface area (Å²) in [5.41, 5.74) is 2.41. The van der Waals surface area contributed by atoms with Crippen molar-refractivity contribution in [3.63, 3.8) is 0 Å². The Morgan fingerprint density at radius 1 is 1.11 bits per heavy atom. The van der Waals surface area contributed by atoms with Gasteiger partial charge in [-0.1, -0.05) is 74.1 Å². The van der Waals surface area contributed by atoms with Gasteiger partial charge in [0.1, 0.15) is 21.8 Å². The monoisotopic (exact) mass is 535 g/mol. The van der Waals surface area contributed by atoms with Gasteiger partial charge in [0.15, 0.2) is 0 Å². The number of amides is 1. The Balaban J connectivity index is 1.64. The van der Waals surface area contributed by atoms with E-state index in [4.69, 9.17) is 12.2 Å². The minimum Gasteiger partial charge on any atom is -0.355 e. The van der Waals surface area contributed by atoms with E-state index in [0.29, 0.717) is 21.3 Å². The van der Waals surface area contributed by atoms with Crippen LogP contribution in [0.2, 0.25) is 0 Å². The molecule has 0 spiro atoms. The summed E-state index contributed by atoms with van der Waals surface area (Å²) >= 11 is 6.81. The van der Waals surface area contributed by atoms with Crippen molar-refractivity contribution >= 4 is 46.1 Å². The zero-order valence-corrected chi connectivity index (χ0v) is 23.3. The van der Waals surface area contributed by atoms with Crippen LogP contribution >= 0.6 is 24.0 Å². The third-order valence-electron chi connectivity index (χ3n) is 7.02. The summed E-state index contributed by atoms with van der Waals surface area (Å²) in [6, 6.07) is 12.5. The standard InChI is InChI=1S/C28H33N5O2S2/c1-4-5-9-12-33-27(35)24(37-28(33)36)17-22-20(2)23(18-29)26(34)30(3)25(22)32-15-13-31(14-16-32)19-21-10-7-6-8-11-21/h6-8,10-11,17H,4-5,9,12-16,19H2,1-3H3/b24-17-. The van der Waals surface area contributed by atoms with Gasteiger partial charge in [-0.3, -0.25) is 24.0 Å². The smallest absolute Gasteiger partial charge is 0.270 e. The zero-order chi connectivity index (χ0) is 26.5. The molecule has 0 radical (unpaired) electrons. The molecule has 7 nitrogen and oxygen atoms in total. The van der Waals surface area contributed by atoms with Gasteiger partial charge in [0.2, 0.25) is 0 Å². The Bertz CT molecular complexity index is 1300. The maximum absolute atomic E-state index is 13.2. The number of carbonyl (C=O) groups excluding carboxylic acids is 1. The van der Waals surface area contributed by atoms with Gasteiger partial charge in [0.05, 0.1) is 4.91 Å². The van der Waals surface area contributed by atoms with E-state index in [1.807, 2.05) is 12.1 Å². The van der Waals surface area contributed by atoms with E-state index in [2.05, 4.69) is 47.1 Å². The molecule has 0 saturated carbocycles. The van der Waals surface area contributed by atoms with Crippen LogP contribution in [-0.2, 0) is 18.4 Å². The second-order valence-corrected chi connectivity index (χ2v) is 11.2. The van der Waals surface area contributed by atoms with Crippen LogP contribution in [-0.4, -0.2) is 57.3 Å². The summed E-state index contributed by atoms with van der Waals surface area (Å²) in [6.07, 6.45) is 4.86. The number of benzene rings is 1. The van der Waals surface area contributed by atoms with Gasteiger partial charge in [0.25, 0.3) is 11.5 Å². The van der Waals surface area contributed by atoms with Gasteiger partial charge < -0.3 is 4.90 Å². The molecule has 2 saturated heterocycles. The van der Waals surface area contributed by atoms with Crippen LogP contribution < -0.4 is 10.5 Å². The topological polar surface area (TPSA) is 72.6 Å². The fourth-order valence-electron chi connectivity index (χ4n) is 4.90. The molecule has 0 aliphatic carbocycles. The van der Waals surface area contributed by atoms with Crippen LogP contribution in [0, 0.1) is 18.3 Å². The van der Waals surface area contributed by atoms with Crippen LogP contribution in [0.1, 0.15) is 48.4 Å². The average molecular weight is 536 g/mol. The molecule has 9 heteroatoms. The van der Waals surface area contributed by atoms with Crippen LogP contribution in [0.15, 0.2) is 40.0 Å². The van der Waals surface area contributed by atoms with Crippen molar-refractivity contribution in [1.29, 1.82) is 5.26 Å². The number of anilines is 1. The van der Waals surface area contributed by atoms with Crippen molar-refractivity contribution in [2.24, 2.45) is 7.05 Å². The number of hydrogen-bond acceptors (Lipinski definition) is 7. The zero-order valence-electron chi connectivity index (χ0n) is 21.7. The molecule has 194 valence electrons. The predicted molar refractivity (Wildman–Crippen MR) is 154 cm³/mol. The Labute approximate surface area is 228 Å². The van der Waals surface area contributed by atoms with Crippen LogP contribution in [0.25, 0.3) is 6.08 Å². The van der Waals surface area contributed by atoms with Crippen LogP contribution in [0.4, 0.5) is 5.82 Å². The van der Waals surface area contributed by atoms with Crippen molar-refractivity contribution in [2.45, 2.75) is 39.7 Å². The Hall–Kier alpha value is -2.93. The molecule has 1 amide bonds. The maximum Gasteiger partial charge on any atom is 0.270 e. The third-order valence-corrected chi connectivity index (χ3v) is 8.40. The second kappa shape index (κ2) is 12.1. The lowest BCUT2D eigenvalue weighted by molar-refractivity contribution is -0.122. The SMILES string of the molecule is CCCCCN1C(=O)/C(=C/c2c(C)c(C#N)c(=O)n(C)c2N2CCN(Cc3ccccc3)CC2)SC1=S. The molecule has 37 heavy (non-hydrogen) atoms. The van der Waals surface area contributed by atoms with E-state index in [1.54, 1.807) is 23.4 Å². The number of rotatable bonds is 8. The molecule has 0 unspecified atom stereocenters. The van der Waals surface area contributed by atoms with E-state index in [1.165, 1.54) is 17.3 Å². The second-order valence-electron chi connectivity index (χ2n) is 9.50. The van der Waals surface area contributed by atoms with Gasteiger partial charge in [-0.05, 0) is 30.5 Å². The fourth-order valence-corrected chi connectivity index (χ4v) is 6.19. The molecule has 4 rings (SSSR count). The number of unbranched alkanes of at least 4 members (excludes halogenated alkanes) is 2. The van der Waals surface area contributed by atoms with E-state index in [9.17, 15) is 14.9 Å². The highest BCUT2D eigenvalue weighted by Gasteiger charge is 2.33. The lowest BCUT2D eigenvalue weighted by atomic mass is 10.0. The molecule has 2 fully saturated rings. The number of piperazine rings is 1. The predicted octanol–water partition coefficient (Wildman–Crippen LogP) is 4.28. The van der Waals surface area contributed by atoms with E-state index in [0.717, 1.165) is 63.4 Å². The fraction of sp³-hybridized carbons (Fsp3) is 0.429. The normalized spacial score (nSPS) is 17.6. The molecule has 0 N–H and O–H groups in total. The van der Waals surface area contributed by atoms with E-state index >= 15 is 0 Å². The summed E-state index contributed by atoms with van der Waals surface area (Å²) < 4.78 is 2.12. The molecule has 0 bridgehead atoms. The van der Waals surface area contributed by atoms with Crippen molar-refractivity contribution in [2.75, 3.05) is 37.6 Å².